The lowest BCUT2D eigenvalue weighted by molar-refractivity contribution is -0.125. The number of carbonyl (C=O) groups excluding carboxylic acids is 1. The molecule has 1 atom stereocenters. The number of carbonyl (C=O) groups is 1. The fraction of sp³-hybridized carbons (Fsp3) is 0.500. The highest BCUT2D eigenvalue weighted by atomic mass is 19.1. The molecular formula is C14H21FN2O. The first-order chi connectivity index (χ1) is 8.31. The number of hydrogen-bond acceptors (Lipinski definition) is 2. The Kier molecular flexibility index (Phi) is 4.84. The SMILES string of the molecule is C[C@H](Cc1ccc(F)cc1)NCC(C)(C)C(N)=O. The summed E-state index contributed by atoms with van der Waals surface area (Å²) >= 11 is 0. The minimum atomic E-state index is -0.558. The Bertz CT molecular complexity index is 401. The van der Waals surface area contributed by atoms with E-state index >= 15 is 0 Å². The molecule has 0 spiro atoms. The first kappa shape index (κ1) is 14.6. The highest BCUT2D eigenvalue weighted by Gasteiger charge is 2.24. The highest BCUT2D eigenvalue weighted by molar-refractivity contribution is 5.80. The van der Waals surface area contributed by atoms with Gasteiger partial charge in [-0.3, -0.25) is 4.79 Å². The van der Waals surface area contributed by atoms with E-state index in [9.17, 15) is 9.18 Å². The molecule has 0 aliphatic heterocycles. The van der Waals surface area contributed by atoms with Crippen LogP contribution in [0.15, 0.2) is 24.3 Å². The van der Waals surface area contributed by atoms with Gasteiger partial charge in [0.2, 0.25) is 5.91 Å². The third-order valence-electron chi connectivity index (χ3n) is 3.01. The lowest BCUT2D eigenvalue weighted by Crippen LogP contribution is -2.43. The molecule has 0 aromatic heterocycles. The van der Waals surface area contributed by atoms with E-state index in [2.05, 4.69) is 5.32 Å². The van der Waals surface area contributed by atoms with Crippen molar-refractivity contribution in [3.05, 3.63) is 35.6 Å². The van der Waals surface area contributed by atoms with Crippen molar-refractivity contribution in [3.8, 4) is 0 Å². The molecule has 0 unspecified atom stereocenters. The first-order valence-electron chi connectivity index (χ1n) is 6.09. The lowest BCUT2D eigenvalue weighted by atomic mass is 9.92. The van der Waals surface area contributed by atoms with Gasteiger partial charge in [-0.05, 0) is 44.9 Å². The molecule has 0 saturated carbocycles. The van der Waals surface area contributed by atoms with Gasteiger partial charge in [0.25, 0.3) is 0 Å². The average Bonchev–Trinajstić information content (AvgIpc) is 2.29. The smallest absolute Gasteiger partial charge is 0.224 e. The topological polar surface area (TPSA) is 55.1 Å². The lowest BCUT2D eigenvalue weighted by Gasteiger charge is -2.24. The Labute approximate surface area is 108 Å². The zero-order chi connectivity index (χ0) is 13.8. The van der Waals surface area contributed by atoms with Gasteiger partial charge in [0.1, 0.15) is 5.82 Å². The summed E-state index contributed by atoms with van der Waals surface area (Å²) in [6.07, 6.45) is 0.787. The van der Waals surface area contributed by atoms with E-state index in [-0.39, 0.29) is 17.8 Å². The summed E-state index contributed by atoms with van der Waals surface area (Å²) in [5.41, 5.74) is 5.81. The van der Waals surface area contributed by atoms with Crippen molar-refractivity contribution in [2.24, 2.45) is 11.1 Å². The molecule has 3 N–H and O–H groups in total. The average molecular weight is 252 g/mol. The quantitative estimate of drug-likeness (QED) is 0.812. The fourth-order valence-electron chi connectivity index (χ4n) is 1.56. The predicted molar refractivity (Wildman–Crippen MR) is 70.5 cm³/mol. The number of amides is 1. The van der Waals surface area contributed by atoms with Crippen molar-refractivity contribution in [3.63, 3.8) is 0 Å². The molecule has 0 saturated heterocycles. The van der Waals surface area contributed by atoms with Crippen molar-refractivity contribution in [1.29, 1.82) is 0 Å². The van der Waals surface area contributed by atoms with Crippen LogP contribution in [0.4, 0.5) is 4.39 Å². The minimum absolute atomic E-state index is 0.203. The van der Waals surface area contributed by atoms with E-state index in [1.54, 1.807) is 12.1 Å². The van der Waals surface area contributed by atoms with Crippen LogP contribution in [0, 0.1) is 11.2 Å². The molecule has 1 aromatic carbocycles. The van der Waals surface area contributed by atoms with Crippen molar-refractivity contribution in [1.82, 2.24) is 5.32 Å². The van der Waals surface area contributed by atoms with Crippen LogP contribution in [0.3, 0.4) is 0 Å². The monoisotopic (exact) mass is 252 g/mol. The van der Waals surface area contributed by atoms with Gasteiger partial charge in [0.05, 0.1) is 5.41 Å². The Morgan fingerprint density at radius 3 is 2.44 bits per heavy atom. The second-order valence-electron chi connectivity index (χ2n) is 5.36. The first-order valence-corrected chi connectivity index (χ1v) is 6.09. The molecule has 0 heterocycles. The third-order valence-corrected chi connectivity index (χ3v) is 3.01. The van der Waals surface area contributed by atoms with E-state index in [1.807, 2.05) is 20.8 Å². The Hall–Kier alpha value is -1.42. The van der Waals surface area contributed by atoms with Crippen LogP contribution in [-0.4, -0.2) is 18.5 Å². The van der Waals surface area contributed by atoms with Crippen LogP contribution in [0.1, 0.15) is 26.3 Å². The van der Waals surface area contributed by atoms with Gasteiger partial charge in [-0.2, -0.15) is 0 Å². The predicted octanol–water partition coefficient (Wildman–Crippen LogP) is 1.86. The molecule has 0 aliphatic carbocycles. The van der Waals surface area contributed by atoms with Crippen molar-refractivity contribution in [2.45, 2.75) is 33.2 Å². The van der Waals surface area contributed by atoms with Crippen molar-refractivity contribution >= 4 is 5.91 Å². The molecule has 0 bridgehead atoms. The molecule has 1 rings (SSSR count). The standard InChI is InChI=1S/C14H21FN2O/c1-10(17-9-14(2,3)13(16)18)8-11-4-6-12(15)7-5-11/h4-7,10,17H,8-9H2,1-3H3,(H2,16,18)/t10-/m1/s1. The Balaban J connectivity index is 2.45. The molecule has 0 radical (unpaired) electrons. The van der Waals surface area contributed by atoms with Crippen LogP contribution in [0.25, 0.3) is 0 Å². The second kappa shape index (κ2) is 5.96. The summed E-state index contributed by atoms with van der Waals surface area (Å²) in [6.45, 7) is 6.19. The van der Waals surface area contributed by atoms with Crippen molar-refractivity contribution in [2.75, 3.05) is 6.54 Å². The van der Waals surface area contributed by atoms with E-state index in [0.717, 1.165) is 12.0 Å². The summed E-state index contributed by atoms with van der Waals surface area (Å²) < 4.78 is 12.8. The van der Waals surface area contributed by atoms with Gasteiger partial charge in [0.15, 0.2) is 0 Å². The summed E-state index contributed by atoms with van der Waals surface area (Å²) in [6, 6.07) is 6.65. The number of nitrogens with one attached hydrogen (secondary N) is 1. The number of hydrogen-bond donors (Lipinski definition) is 2. The van der Waals surface area contributed by atoms with Crippen LogP contribution in [0.2, 0.25) is 0 Å². The largest absolute Gasteiger partial charge is 0.369 e. The maximum absolute atomic E-state index is 12.8. The molecular weight excluding hydrogens is 231 g/mol. The molecule has 100 valence electrons. The van der Waals surface area contributed by atoms with Crippen LogP contribution in [-0.2, 0) is 11.2 Å². The van der Waals surface area contributed by atoms with Crippen LogP contribution in [0.5, 0.6) is 0 Å². The van der Waals surface area contributed by atoms with Gasteiger partial charge in [-0.15, -0.1) is 0 Å². The van der Waals surface area contributed by atoms with E-state index in [0.29, 0.717) is 6.54 Å². The zero-order valence-electron chi connectivity index (χ0n) is 11.2. The van der Waals surface area contributed by atoms with Gasteiger partial charge in [-0.1, -0.05) is 12.1 Å². The van der Waals surface area contributed by atoms with Gasteiger partial charge < -0.3 is 11.1 Å². The maximum Gasteiger partial charge on any atom is 0.224 e. The minimum Gasteiger partial charge on any atom is -0.369 e. The Morgan fingerprint density at radius 1 is 1.39 bits per heavy atom. The molecule has 1 aromatic rings. The van der Waals surface area contributed by atoms with Gasteiger partial charge >= 0.3 is 0 Å². The Morgan fingerprint density at radius 2 is 1.94 bits per heavy atom. The summed E-state index contributed by atoms with van der Waals surface area (Å²) in [5.74, 6) is -0.543. The normalized spacial score (nSPS) is 13.3. The molecule has 1 amide bonds. The maximum atomic E-state index is 12.8. The number of rotatable bonds is 6. The number of benzene rings is 1. The molecule has 18 heavy (non-hydrogen) atoms. The number of primary amides is 1. The third kappa shape index (κ3) is 4.45. The van der Waals surface area contributed by atoms with Crippen LogP contribution >= 0.6 is 0 Å². The highest BCUT2D eigenvalue weighted by Crippen LogP contribution is 2.13. The summed E-state index contributed by atoms with van der Waals surface area (Å²) in [7, 11) is 0. The number of halogens is 1. The molecule has 4 heteroatoms. The molecule has 0 aliphatic rings. The summed E-state index contributed by atoms with van der Waals surface area (Å²) in [4.78, 5) is 11.2. The van der Waals surface area contributed by atoms with Crippen molar-refractivity contribution < 1.29 is 9.18 Å². The number of nitrogens with two attached hydrogens (primary N) is 1. The van der Waals surface area contributed by atoms with E-state index in [4.69, 9.17) is 5.73 Å². The summed E-state index contributed by atoms with van der Waals surface area (Å²) in [5, 5.41) is 3.27. The van der Waals surface area contributed by atoms with Crippen LogP contribution < -0.4 is 11.1 Å². The van der Waals surface area contributed by atoms with E-state index < -0.39 is 5.41 Å². The van der Waals surface area contributed by atoms with E-state index in [1.165, 1.54) is 12.1 Å². The molecule has 0 fully saturated rings. The van der Waals surface area contributed by atoms with Gasteiger partial charge in [-0.25, -0.2) is 4.39 Å². The fourth-order valence-corrected chi connectivity index (χ4v) is 1.56. The van der Waals surface area contributed by atoms with Gasteiger partial charge in [0, 0.05) is 12.6 Å². The second-order valence-corrected chi connectivity index (χ2v) is 5.36. The zero-order valence-corrected chi connectivity index (χ0v) is 11.2. The molecule has 3 nitrogen and oxygen atoms in total.